The van der Waals surface area contributed by atoms with Gasteiger partial charge in [0.1, 0.15) is 5.82 Å². The second-order valence-corrected chi connectivity index (χ2v) is 5.55. The number of nitrogens with zero attached hydrogens (tertiary/aromatic N) is 1. The van der Waals surface area contributed by atoms with E-state index in [1.165, 1.54) is 12.1 Å². The van der Waals surface area contributed by atoms with Crippen LogP contribution >= 0.6 is 15.9 Å². The van der Waals surface area contributed by atoms with E-state index in [4.69, 9.17) is 5.73 Å². The van der Waals surface area contributed by atoms with Crippen LogP contribution in [0.15, 0.2) is 22.7 Å². The highest BCUT2D eigenvalue weighted by Crippen LogP contribution is 2.24. The van der Waals surface area contributed by atoms with Gasteiger partial charge in [0.15, 0.2) is 5.69 Å². The average Bonchev–Trinajstić information content (AvgIpc) is 2.76. The van der Waals surface area contributed by atoms with Gasteiger partial charge in [-0.15, -0.1) is 0 Å². The summed E-state index contributed by atoms with van der Waals surface area (Å²) in [4.78, 5) is 12.1. The Morgan fingerprint density at radius 3 is 2.80 bits per heavy atom. The molecule has 0 saturated carbocycles. The number of nitrogens with one attached hydrogen (secondary N) is 2. The fourth-order valence-corrected chi connectivity index (χ4v) is 2.11. The molecule has 106 valence electrons. The van der Waals surface area contributed by atoms with E-state index < -0.39 is 11.7 Å². The summed E-state index contributed by atoms with van der Waals surface area (Å²) in [5.41, 5.74) is 6.97. The lowest BCUT2D eigenvalue weighted by molar-refractivity contribution is 0.102. The molecule has 0 aliphatic heterocycles. The van der Waals surface area contributed by atoms with Crippen LogP contribution < -0.4 is 11.1 Å². The van der Waals surface area contributed by atoms with Crippen molar-refractivity contribution in [1.29, 1.82) is 0 Å². The molecule has 1 aromatic heterocycles. The van der Waals surface area contributed by atoms with Crippen molar-refractivity contribution >= 4 is 33.2 Å². The number of nitrogens with two attached hydrogens (primary N) is 1. The molecule has 0 radical (unpaired) electrons. The van der Waals surface area contributed by atoms with Gasteiger partial charge in [-0.2, -0.15) is 5.10 Å². The topological polar surface area (TPSA) is 83.8 Å². The highest BCUT2D eigenvalue weighted by Gasteiger charge is 2.19. The molecule has 20 heavy (non-hydrogen) atoms. The fourth-order valence-electron chi connectivity index (χ4n) is 1.75. The van der Waals surface area contributed by atoms with E-state index >= 15 is 0 Å². The number of hydrogen-bond acceptors (Lipinski definition) is 3. The molecule has 1 heterocycles. The lowest BCUT2D eigenvalue weighted by Gasteiger charge is -2.06. The third kappa shape index (κ3) is 2.82. The Hall–Kier alpha value is -1.89. The zero-order valence-electron chi connectivity index (χ0n) is 11.0. The van der Waals surface area contributed by atoms with Gasteiger partial charge in [-0.25, -0.2) is 4.39 Å². The molecule has 0 spiro atoms. The fraction of sp³-hybridized carbons (Fsp3) is 0.231. The Bertz CT molecular complexity index is 654. The second kappa shape index (κ2) is 5.62. The summed E-state index contributed by atoms with van der Waals surface area (Å²) in [5.74, 6) is -0.964. The number of benzene rings is 1. The van der Waals surface area contributed by atoms with Crippen molar-refractivity contribution in [2.24, 2.45) is 0 Å². The van der Waals surface area contributed by atoms with Crippen LogP contribution in [0.4, 0.5) is 15.8 Å². The Morgan fingerprint density at radius 1 is 1.50 bits per heavy atom. The molecule has 0 atom stereocenters. The minimum Gasteiger partial charge on any atom is -0.395 e. The highest BCUT2D eigenvalue weighted by molar-refractivity contribution is 9.10. The maximum absolute atomic E-state index is 13.6. The summed E-state index contributed by atoms with van der Waals surface area (Å²) in [6, 6.07) is 4.28. The molecule has 0 unspecified atom stereocenters. The van der Waals surface area contributed by atoms with Crippen LogP contribution in [-0.2, 0) is 0 Å². The summed E-state index contributed by atoms with van der Waals surface area (Å²) >= 11 is 3.22. The normalized spacial score (nSPS) is 10.8. The SMILES string of the molecule is CC(C)c1[nH]nc(C(=O)Nc2cc(Br)ccc2F)c1N. The molecular formula is C13H14BrFN4O. The number of carbonyl (C=O) groups is 1. The van der Waals surface area contributed by atoms with Crippen molar-refractivity contribution in [2.75, 3.05) is 11.1 Å². The van der Waals surface area contributed by atoms with Crippen molar-refractivity contribution in [3.8, 4) is 0 Å². The number of anilines is 2. The van der Waals surface area contributed by atoms with Gasteiger partial charge in [-0.1, -0.05) is 29.8 Å². The molecule has 0 aliphatic rings. The zero-order chi connectivity index (χ0) is 14.9. The van der Waals surface area contributed by atoms with Crippen molar-refractivity contribution in [1.82, 2.24) is 10.2 Å². The van der Waals surface area contributed by atoms with Crippen LogP contribution in [0.3, 0.4) is 0 Å². The molecule has 1 aromatic carbocycles. The molecule has 4 N–H and O–H groups in total. The van der Waals surface area contributed by atoms with Gasteiger partial charge in [0, 0.05) is 4.47 Å². The van der Waals surface area contributed by atoms with Crippen molar-refractivity contribution in [2.45, 2.75) is 19.8 Å². The van der Waals surface area contributed by atoms with Crippen LogP contribution in [0.2, 0.25) is 0 Å². The molecule has 7 heteroatoms. The van der Waals surface area contributed by atoms with E-state index in [0.29, 0.717) is 10.2 Å². The number of H-pyrrole nitrogens is 1. The summed E-state index contributed by atoms with van der Waals surface area (Å²) in [7, 11) is 0. The van der Waals surface area contributed by atoms with E-state index in [9.17, 15) is 9.18 Å². The molecule has 0 fully saturated rings. The summed E-state index contributed by atoms with van der Waals surface area (Å²) < 4.78 is 14.2. The van der Waals surface area contributed by atoms with Gasteiger partial charge >= 0.3 is 0 Å². The maximum atomic E-state index is 13.6. The van der Waals surface area contributed by atoms with E-state index in [2.05, 4.69) is 31.4 Å². The van der Waals surface area contributed by atoms with Gasteiger partial charge < -0.3 is 11.1 Å². The minimum atomic E-state index is -0.553. The first-order chi connectivity index (χ1) is 9.40. The zero-order valence-corrected chi connectivity index (χ0v) is 12.6. The van der Waals surface area contributed by atoms with E-state index in [-0.39, 0.29) is 23.0 Å². The van der Waals surface area contributed by atoms with Crippen molar-refractivity contribution < 1.29 is 9.18 Å². The largest absolute Gasteiger partial charge is 0.395 e. The number of halogens is 2. The first kappa shape index (κ1) is 14.5. The minimum absolute atomic E-state index is 0.0630. The number of aromatic nitrogens is 2. The molecule has 2 aromatic rings. The van der Waals surface area contributed by atoms with Crippen LogP contribution in [-0.4, -0.2) is 16.1 Å². The summed E-state index contributed by atoms with van der Waals surface area (Å²) in [5, 5.41) is 9.07. The smallest absolute Gasteiger partial charge is 0.278 e. The van der Waals surface area contributed by atoms with Gasteiger partial charge in [-0.3, -0.25) is 9.89 Å². The van der Waals surface area contributed by atoms with Crippen LogP contribution in [0.25, 0.3) is 0 Å². The van der Waals surface area contributed by atoms with Gasteiger partial charge in [0.25, 0.3) is 5.91 Å². The predicted octanol–water partition coefficient (Wildman–Crippen LogP) is 3.27. The predicted molar refractivity (Wildman–Crippen MR) is 79.1 cm³/mol. The molecule has 5 nitrogen and oxygen atoms in total. The molecular weight excluding hydrogens is 327 g/mol. The third-order valence-corrected chi connectivity index (χ3v) is 3.30. The number of hydrogen-bond donors (Lipinski definition) is 3. The van der Waals surface area contributed by atoms with Gasteiger partial charge in [-0.05, 0) is 24.1 Å². The van der Waals surface area contributed by atoms with Gasteiger partial charge in [0.05, 0.1) is 17.1 Å². The number of amides is 1. The lowest BCUT2D eigenvalue weighted by Crippen LogP contribution is -2.15. The Morgan fingerprint density at radius 2 is 2.20 bits per heavy atom. The molecule has 0 aliphatic carbocycles. The van der Waals surface area contributed by atoms with Crippen molar-refractivity contribution in [3.63, 3.8) is 0 Å². The average molecular weight is 341 g/mol. The summed E-state index contributed by atoms with van der Waals surface area (Å²) in [6.45, 7) is 3.86. The van der Waals surface area contributed by atoms with E-state index in [0.717, 1.165) is 0 Å². The number of nitrogen functional groups attached to an aromatic ring is 1. The standard InChI is InChI=1S/C13H14BrFN4O/c1-6(2)11-10(16)12(19-18-11)13(20)17-9-5-7(14)3-4-8(9)15/h3-6H,16H2,1-2H3,(H,17,20)(H,18,19). The number of carbonyl (C=O) groups excluding carboxylic acids is 1. The van der Waals surface area contributed by atoms with E-state index in [1.54, 1.807) is 6.07 Å². The highest BCUT2D eigenvalue weighted by atomic mass is 79.9. The first-order valence-corrected chi connectivity index (χ1v) is 6.79. The van der Waals surface area contributed by atoms with E-state index in [1.807, 2.05) is 13.8 Å². The van der Waals surface area contributed by atoms with Crippen LogP contribution in [0.5, 0.6) is 0 Å². The molecule has 2 rings (SSSR count). The Labute approximate surface area is 123 Å². The molecule has 1 amide bonds. The molecule has 0 saturated heterocycles. The van der Waals surface area contributed by atoms with Crippen LogP contribution in [0, 0.1) is 5.82 Å². The lowest BCUT2D eigenvalue weighted by atomic mass is 10.1. The Balaban J connectivity index is 2.26. The number of rotatable bonds is 3. The van der Waals surface area contributed by atoms with Crippen LogP contribution in [0.1, 0.15) is 35.9 Å². The quantitative estimate of drug-likeness (QED) is 0.801. The number of aromatic amines is 1. The monoisotopic (exact) mass is 340 g/mol. The second-order valence-electron chi connectivity index (χ2n) is 4.63. The molecule has 0 bridgehead atoms. The van der Waals surface area contributed by atoms with Crippen molar-refractivity contribution in [3.05, 3.63) is 39.9 Å². The van der Waals surface area contributed by atoms with Gasteiger partial charge in [0.2, 0.25) is 0 Å². The summed E-state index contributed by atoms with van der Waals surface area (Å²) in [6.07, 6.45) is 0. The Kier molecular flexibility index (Phi) is 4.08. The first-order valence-electron chi connectivity index (χ1n) is 6.00. The maximum Gasteiger partial charge on any atom is 0.278 e. The third-order valence-electron chi connectivity index (χ3n) is 2.80.